The third kappa shape index (κ3) is 5.28. The molecule has 4 nitrogen and oxygen atoms in total. The second-order valence-corrected chi connectivity index (χ2v) is 15.5. The van der Waals surface area contributed by atoms with Crippen LogP contribution in [0.1, 0.15) is 11.1 Å². The molecule has 2 aromatic carbocycles. The summed E-state index contributed by atoms with van der Waals surface area (Å²) in [7, 11) is -1.14. The third-order valence-electron chi connectivity index (χ3n) is 4.66. The van der Waals surface area contributed by atoms with Crippen molar-refractivity contribution in [3.05, 3.63) is 50.1 Å². The van der Waals surface area contributed by atoms with Crippen molar-refractivity contribution in [3.63, 3.8) is 0 Å². The number of aromatic nitrogens is 2. The number of hydrogen-bond acceptors (Lipinski definition) is 3. The summed E-state index contributed by atoms with van der Waals surface area (Å²) in [6.45, 7) is 12.3. The molecule has 0 atom stereocenters. The zero-order chi connectivity index (χ0) is 20.5. The highest BCUT2D eigenvalue weighted by atomic mass is 127. The number of fused-ring (bicyclic) bond motifs is 1. The molecule has 0 fully saturated rings. The van der Waals surface area contributed by atoms with Crippen LogP contribution < -0.4 is 4.74 Å². The van der Waals surface area contributed by atoms with Crippen LogP contribution in [0.2, 0.25) is 30.7 Å². The van der Waals surface area contributed by atoms with Crippen LogP contribution in [0.15, 0.2) is 30.3 Å². The molecule has 1 aromatic heterocycles. The first-order chi connectivity index (χ1) is 13.1. The Morgan fingerprint density at radius 1 is 1.11 bits per heavy atom. The van der Waals surface area contributed by atoms with Gasteiger partial charge >= 0.3 is 6.01 Å². The van der Waals surface area contributed by atoms with Crippen molar-refractivity contribution in [2.45, 2.75) is 46.3 Å². The average Bonchev–Trinajstić information content (AvgIpc) is 2.91. The number of benzene rings is 2. The Kier molecular flexibility index (Phi) is 6.74. The Bertz CT molecular complexity index is 998. The lowest BCUT2D eigenvalue weighted by atomic mass is 10.1. The van der Waals surface area contributed by atoms with E-state index in [0.29, 0.717) is 17.8 Å². The molecule has 0 amide bonds. The van der Waals surface area contributed by atoms with Crippen molar-refractivity contribution in [3.8, 4) is 11.8 Å². The van der Waals surface area contributed by atoms with Crippen LogP contribution in [0.25, 0.3) is 11.0 Å². The van der Waals surface area contributed by atoms with Gasteiger partial charge < -0.3 is 9.47 Å². The van der Waals surface area contributed by atoms with Gasteiger partial charge in [0.2, 0.25) is 0 Å². The fourth-order valence-corrected chi connectivity index (χ4v) is 4.08. The smallest absolute Gasteiger partial charge is 0.304 e. The molecule has 0 spiro atoms. The van der Waals surface area contributed by atoms with E-state index >= 15 is 0 Å². The minimum Gasteiger partial charge on any atom is -0.425 e. The molecule has 0 radical (unpaired) electrons. The van der Waals surface area contributed by atoms with Gasteiger partial charge in [-0.3, -0.25) is 4.57 Å². The largest absolute Gasteiger partial charge is 0.425 e. The number of rotatable bonds is 7. The van der Waals surface area contributed by atoms with Crippen LogP contribution >= 0.6 is 34.2 Å². The molecule has 7 heteroatoms. The number of nitrogens with zero attached hydrogens (tertiary/aromatic N) is 2. The maximum atomic E-state index is 6.36. The first-order valence-corrected chi connectivity index (χ1v) is 14.5. The van der Waals surface area contributed by atoms with Gasteiger partial charge in [0.15, 0.2) is 0 Å². The number of halogens is 2. The molecule has 0 aliphatic heterocycles. The van der Waals surface area contributed by atoms with E-state index in [2.05, 4.69) is 62.1 Å². The Labute approximate surface area is 186 Å². The molecule has 0 aliphatic carbocycles. The number of hydrogen-bond donors (Lipinski definition) is 0. The normalized spacial score (nSPS) is 12.0. The average molecular weight is 529 g/mol. The first-order valence-electron chi connectivity index (χ1n) is 9.32. The van der Waals surface area contributed by atoms with E-state index in [1.165, 1.54) is 11.1 Å². The van der Waals surface area contributed by atoms with Crippen LogP contribution in [0.3, 0.4) is 0 Å². The van der Waals surface area contributed by atoms with Crippen molar-refractivity contribution < 1.29 is 9.47 Å². The Morgan fingerprint density at radius 3 is 2.54 bits per heavy atom. The van der Waals surface area contributed by atoms with Crippen LogP contribution in [0.5, 0.6) is 11.8 Å². The van der Waals surface area contributed by atoms with Crippen LogP contribution in [-0.2, 0) is 11.5 Å². The lowest BCUT2D eigenvalue weighted by Crippen LogP contribution is -2.22. The summed E-state index contributed by atoms with van der Waals surface area (Å²) in [6, 6.07) is 11.6. The van der Waals surface area contributed by atoms with E-state index in [1.54, 1.807) is 0 Å². The van der Waals surface area contributed by atoms with Crippen molar-refractivity contribution >= 4 is 53.3 Å². The number of aryl methyl sites for hydroxylation is 2. The van der Waals surface area contributed by atoms with Crippen molar-refractivity contribution in [2.24, 2.45) is 0 Å². The van der Waals surface area contributed by atoms with Gasteiger partial charge in [-0.1, -0.05) is 37.3 Å². The van der Waals surface area contributed by atoms with E-state index in [4.69, 9.17) is 26.1 Å². The van der Waals surface area contributed by atoms with E-state index in [1.807, 2.05) is 28.8 Å². The fraction of sp³-hybridized carbons (Fsp3) is 0.381. The summed E-state index contributed by atoms with van der Waals surface area (Å²) in [5, 5.41) is 0.703. The molecule has 0 unspecified atom stereocenters. The SMILES string of the molecule is Cc1ccc(Oc2nc3cc(I)c(Cl)cc3n2COCC[Si](C)(C)C)cc1C. The van der Waals surface area contributed by atoms with Crippen LogP contribution in [0, 0.1) is 17.4 Å². The number of ether oxygens (including phenoxy) is 2. The van der Waals surface area contributed by atoms with E-state index in [-0.39, 0.29) is 0 Å². The van der Waals surface area contributed by atoms with Gasteiger partial charge in [0.05, 0.1) is 16.1 Å². The quantitative estimate of drug-likeness (QED) is 0.188. The molecule has 0 aliphatic rings. The highest BCUT2D eigenvalue weighted by molar-refractivity contribution is 14.1. The van der Waals surface area contributed by atoms with Gasteiger partial charge in [-0.2, -0.15) is 4.98 Å². The lowest BCUT2D eigenvalue weighted by molar-refractivity contribution is 0.0850. The van der Waals surface area contributed by atoms with Crippen molar-refractivity contribution in [1.29, 1.82) is 0 Å². The molecule has 3 rings (SSSR count). The predicted molar refractivity (Wildman–Crippen MR) is 128 cm³/mol. The molecule has 1 heterocycles. The molecule has 0 bridgehead atoms. The summed E-state index contributed by atoms with van der Waals surface area (Å²) in [4.78, 5) is 4.70. The van der Waals surface area contributed by atoms with E-state index in [9.17, 15) is 0 Å². The fourth-order valence-electron chi connectivity index (χ4n) is 2.72. The highest BCUT2D eigenvalue weighted by Crippen LogP contribution is 2.31. The Balaban J connectivity index is 1.91. The molecule has 150 valence electrons. The summed E-state index contributed by atoms with van der Waals surface area (Å²) < 4.78 is 15.1. The third-order valence-corrected chi connectivity index (χ3v) is 7.89. The zero-order valence-corrected chi connectivity index (χ0v) is 20.9. The summed E-state index contributed by atoms with van der Waals surface area (Å²) >= 11 is 8.58. The maximum Gasteiger partial charge on any atom is 0.304 e. The van der Waals surface area contributed by atoms with Gasteiger partial charge in [-0.25, -0.2) is 0 Å². The summed E-state index contributed by atoms with van der Waals surface area (Å²) in [5.74, 6) is 0.766. The molecular formula is C21H26ClIN2O2Si. The van der Waals surface area contributed by atoms with E-state index in [0.717, 1.165) is 33.0 Å². The Morgan fingerprint density at radius 2 is 1.86 bits per heavy atom. The second-order valence-electron chi connectivity index (χ2n) is 8.27. The zero-order valence-electron chi connectivity index (χ0n) is 17.0. The Hall–Kier alpha value is -1.09. The molecule has 0 N–H and O–H groups in total. The van der Waals surface area contributed by atoms with Crippen molar-refractivity contribution in [1.82, 2.24) is 9.55 Å². The van der Waals surface area contributed by atoms with Crippen LogP contribution in [0.4, 0.5) is 0 Å². The van der Waals surface area contributed by atoms with E-state index < -0.39 is 8.07 Å². The molecular weight excluding hydrogens is 503 g/mol. The highest BCUT2D eigenvalue weighted by Gasteiger charge is 2.17. The van der Waals surface area contributed by atoms with Gasteiger partial charge in [-0.15, -0.1) is 0 Å². The minimum atomic E-state index is -1.14. The monoisotopic (exact) mass is 528 g/mol. The topological polar surface area (TPSA) is 36.3 Å². The lowest BCUT2D eigenvalue weighted by Gasteiger charge is -2.16. The first kappa shape index (κ1) is 21.6. The van der Waals surface area contributed by atoms with Gasteiger partial charge in [0, 0.05) is 18.3 Å². The minimum absolute atomic E-state index is 0.387. The molecule has 0 saturated heterocycles. The second kappa shape index (κ2) is 8.73. The van der Waals surface area contributed by atoms with Crippen molar-refractivity contribution in [2.75, 3.05) is 6.61 Å². The standard InChI is InChI=1S/C21H26ClIN2O2Si/c1-14-6-7-16(10-15(14)2)27-21-24-19-12-18(23)17(22)11-20(19)25(21)13-26-8-9-28(3,4)5/h6-7,10-12H,8-9,13H2,1-5H3. The van der Waals surface area contributed by atoms with Gasteiger partial charge in [0.25, 0.3) is 0 Å². The maximum absolute atomic E-state index is 6.36. The predicted octanol–water partition coefficient (Wildman–Crippen LogP) is 7.02. The van der Waals surface area contributed by atoms with Crippen LogP contribution in [-0.4, -0.2) is 24.2 Å². The van der Waals surface area contributed by atoms with Gasteiger partial charge in [0.1, 0.15) is 12.5 Å². The molecule has 28 heavy (non-hydrogen) atoms. The van der Waals surface area contributed by atoms with Gasteiger partial charge in [-0.05, 0) is 77.9 Å². The summed E-state index contributed by atoms with van der Waals surface area (Å²) in [5.41, 5.74) is 4.18. The summed E-state index contributed by atoms with van der Waals surface area (Å²) in [6.07, 6.45) is 0. The molecule has 0 saturated carbocycles. The molecule has 3 aromatic rings. The number of imidazole rings is 1.